The Morgan fingerprint density at radius 3 is 2.18 bits per heavy atom. The van der Waals surface area contributed by atoms with Gasteiger partial charge in [-0.15, -0.1) is 0 Å². The Balaban J connectivity index is 4.03. The topological polar surface area (TPSA) is 23.9 Å². The van der Waals surface area contributed by atoms with Crippen molar-refractivity contribution in [1.82, 2.24) is 0 Å². The molecule has 0 fully saturated rings. The van der Waals surface area contributed by atoms with Gasteiger partial charge in [-0.3, -0.25) is 0 Å². The van der Waals surface area contributed by atoms with E-state index in [1.165, 1.54) is 11.8 Å². The Morgan fingerprint density at radius 1 is 1.09 bits per heavy atom. The summed E-state index contributed by atoms with van der Waals surface area (Å²) in [5.41, 5.74) is 2.38. The highest BCUT2D eigenvalue weighted by Crippen LogP contribution is 1.95. The van der Waals surface area contributed by atoms with Crippen LogP contribution in [0.4, 0.5) is 0 Å². The summed E-state index contributed by atoms with van der Waals surface area (Å²) in [5.74, 6) is 0. The first-order chi connectivity index (χ1) is 5.16. The lowest BCUT2D eigenvalue weighted by atomic mass is 10.2. The van der Waals surface area contributed by atoms with Crippen LogP contribution in [0.3, 0.4) is 0 Å². The summed E-state index contributed by atoms with van der Waals surface area (Å²) in [6.45, 7) is 6.08. The van der Waals surface area contributed by atoms with Crippen molar-refractivity contribution < 1.29 is 0 Å². The minimum atomic E-state index is 1.09. The van der Waals surface area contributed by atoms with E-state index in [0.717, 1.165) is 5.57 Å². The summed E-state index contributed by atoms with van der Waals surface area (Å²) >= 11 is 0. The maximum Gasteiger partial charge on any atom is 0.0180 e. The molecule has 0 atom stereocenters. The van der Waals surface area contributed by atoms with E-state index in [2.05, 4.69) is 13.8 Å². The average molecular weight is 149 g/mol. The molecule has 0 amide bonds. The van der Waals surface area contributed by atoms with E-state index < -0.39 is 0 Å². The van der Waals surface area contributed by atoms with Crippen molar-refractivity contribution in [2.75, 3.05) is 0 Å². The molecule has 0 aromatic carbocycles. The number of hydrogen-bond acceptors (Lipinski definition) is 1. The molecule has 0 saturated heterocycles. The van der Waals surface area contributed by atoms with Crippen LogP contribution in [0.2, 0.25) is 0 Å². The third-order valence-corrected chi connectivity index (χ3v) is 1.13. The quantitative estimate of drug-likeness (QED) is 0.471. The number of hydrogen-bond donors (Lipinski definition) is 1. The molecule has 0 radical (unpaired) electrons. The molecule has 11 heavy (non-hydrogen) atoms. The normalized spacial score (nSPS) is 11.7. The second-order valence-corrected chi connectivity index (χ2v) is 2.68. The number of rotatable bonds is 3. The molecule has 1 heteroatoms. The van der Waals surface area contributed by atoms with Gasteiger partial charge in [0.2, 0.25) is 0 Å². The Bertz CT molecular complexity index is 203. The van der Waals surface area contributed by atoms with Crippen molar-refractivity contribution in [3.63, 3.8) is 0 Å². The predicted octanol–water partition coefficient (Wildman–Crippen LogP) is 3.10. The fourth-order valence-electron chi connectivity index (χ4n) is 0.579. The molecule has 0 rings (SSSR count). The highest BCUT2D eigenvalue weighted by molar-refractivity contribution is 5.69. The SMILES string of the molecule is CC(C)=CC=CC(C)=CC=N. The lowest BCUT2D eigenvalue weighted by molar-refractivity contribution is 1.39. The Hall–Kier alpha value is -1.11. The third-order valence-electron chi connectivity index (χ3n) is 1.13. The maximum atomic E-state index is 6.80. The van der Waals surface area contributed by atoms with Crippen LogP contribution in [-0.4, -0.2) is 6.21 Å². The van der Waals surface area contributed by atoms with E-state index in [4.69, 9.17) is 5.41 Å². The summed E-state index contributed by atoms with van der Waals surface area (Å²) in [6, 6.07) is 0. The van der Waals surface area contributed by atoms with Crippen LogP contribution in [0.15, 0.2) is 35.5 Å². The highest BCUT2D eigenvalue weighted by Gasteiger charge is 1.76. The molecule has 0 aromatic rings. The Kier molecular flexibility index (Phi) is 5.09. The molecule has 0 aliphatic carbocycles. The van der Waals surface area contributed by atoms with Crippen LogP contribution in [0.1, 0.15) is 20.8 Å². The van der Waals surface area contributed by atoms with Gasteiger partial charge in [0.05, 0.1) is 0 Å². The van der Waals surface area contributed by atoms with Crippen molar-refractivity contribution in [2.45, 2.75) is 20.8 Å². The molecule has 1 N–H and O–H groups in total. The first-order valence-electron chi connectivity index (χ1n) is 3.65. The second kappa shape index (κ2) is 5.66. The van der Waals surface area contributed by atoms with Gasteiger partial charge >= 0.3 is 0 Å². The molecule has 0 heterocycles. The van der Waals surface area contributed by atoms with E-state index in [-0.39, 0.29) is 0 Å². The van der Waals surface area contributed by atoms with E-state index >= 15 is 0 Å². The molecule has 0 aliphatic heterocycles. The molecule has 0 unspecified atom stereocenters. The zero-order chi connectivity index (χ0) is 8.69. The van der Waals surface area contributed by atoms with Gasteiger partial charge in [-0.1, -0.05) is 23.8 Å². The van der Waals surface area contributed by atoms with Gasteiger partial charge in [0.25, 0.3) is 0 Å². The zero-order valence-electron chi connectivity index (χ0n) is 7.39. The second-order valence-electron chi connectivity index (χ2n) is 2.68. The van der Waals surface area contributed by atoms with E-state index in [1.807, 2.05) is 25.2 Å². The lowest BCUT2D eigenvalue weighted by Gasteiger charge is -1.86. The molecule has 0 aromatic heterocycles. The molecule has 0 bridgehead atoms. The zero-order valence-corrected chi connectivity index (χ0v) is 7.39. The number of allylic oxidation sites excluding steroid dienone is 6. The van der Waals surface area contributed by atoms with Crippen molar-refractivity contribution in [3.8, 4) is 0 Å². The fraction of sp³-hybridized carbons (Fsp3) is 0.300. The van der Waals surface area contributed by atoms with Crippen molar-refractivity contribution in [2.24, 2.45) is 0 Å². The first-order valence-corrected chi connectivity index (χ1v) is 3.65. The molecule has 0 saturated carbocycles. The standard InChI is InChI=1S/C10H15N/c1-9(2)5-4-6-10(3)7-8-11/h4-8,11H,1-3H3. The molecule has 1 nitrogen and oxygen atoms in total. The summed E-state index contributed by atoms with van der Waals surface area (Å²) in [7, 11) is 0. The van der Waals surface area contributed by atoms with E-state index in [1.54, 1.807) is 6.08 Å². The van der Waals surface area contributed by atoms with Crippen molar-refractivity contribution >= 4 is 6.21 Å². The molecule has 0 spiro atoms. The van der Waals surface area contributed by atoms with E-state index in [9.17, 15) is 0 Å². The van der Waals surface area contributed by atoms with Gasteiger partial charge in [0.1, 0.15) is 0 Å². The van der Waals surface area contributed by atoms with Gasteiger partial charge in [-0.25, -0.2) is 0 Å². The van der Waals surface area contributed by atoms with Gasteiger partial charge in [-0.2, -0.15) is 0 Å². The van der Waals surface area contributed by atoms with Crippen molar-refractivity contribution in [1.29, 1.82) is 5.41 Å². The average Bonchev–Trinajstić information content (AvgIpc) is 1.87. The third kappa shape index (κ3) is 6.78. The minimum absolute atomic E-state index is 1.09. The summed E-state index contributed by atoms with van der Waals surface area (Å²) in [4.78, 5) is 0. The summed E-state index contributed by atoms with van der Waals surface area (Å²) < 4.78 is 0. The number of nitrogens with one attached hydrogen (secondary N) is 1. The fourth-order valence-corrected chi connectivity index (χ4v) is 0.579. The van der Waals surface area contributed by atoms with Crippen LogP contribution >= 0.6 is 0 Å². The molecule has 60 valence electrons. The van der Waals surface area contributed by atoms with Gasteiger partial charge < -0.3 is 5.41 Å². The highest BCUT2D eigenvalue weighted by atomic mass is 14.3. The summed E-state index contributed by atoms with van der Waals surface area (Å²) in [6.07, 6.45) is 9.07. The van der Waals surface area contributed by atoms with Crippen LogP contribution in [0.25, 0.3) is 0 Å². The predicted molar refractivity (Wildman–Crippen MR) is 51.1 cm³/mol. The van der Waals surface area contributed by atoms with Gasteiger partial charge in [0, 0.05) is 6.21 Å². The molecular weight excluding hydrogens is 134 g/mol. The Morgan fingerprint density at radius 2 is 1.73 bits per heavy atom. The lowest BCUT2D eigenvalue weighted by Crippen LogP contribution is -1.68. The Labute approximate surface area is 68.6 Å². The summed E-state index contributed by atoms with van der Waals surface area (Å²) in [5, 5.41) is 6.80. The smallest absolute Gasteiger partial charge is 0.0180 e. The van der Waals surface area contributed by atoms with Gasteiger partial charge in [0.15, 0.2) is 0 Å². The maximum absolute atomic E-state index is 6.80. The molecular formula is C10H15N. The largest absolute Gasteiger partial charge is 0.309 e. The molecule has 0 aliphatic rings. The first kappa shape index (κ1) is 9.89. The minimum Gasteiger partial charge on any atom is -0.309 e. The van der Waals surface area contributed by atoms with Crippen LogP contribution in [0, 0.1) is 5.41 Å². The van der Waals surface area contributed by atoms with Gasteiger partial charge in [-0.05, 0) is 32.4 Å². The monoisotopic (exact) mass is 149 g/mol. The van der Waals surface area contributed by atoms with Crippen LogP contribution < -0.4 is 0 Å². The van der Waals surface area contributed by atoms with E-state index in [0.29, 0.717) is 0 Å². The van der Waals surface area contributed by atoms with Crippen molar-refractivity contribution in [3.05, 3.63) is 35.5 Å². The van der Waals surface area contributed by atoms with Crippen LogP contribution in [-0.2, 0) is 0 Å². The van der Waals surface area contributed by atoms with Crippen LogP contribution in [0.5, 0.6) is 0 Å².